The topological polar surface area (TPSA) is 39.7 Å². The summed E-state index contributed by atoms with van der Waals surface area (Å²) in [6.07, 6.45) is 3.25. The summed E-state index contributed by atoms with van der Waals surface area (Å²) in [5, 5.41) is 3.59. The summed E-state index contributed by atoms with van der Waals surface area (Å²) in [6.45, 7) is 5.15. The fourth-order valence-corrected chi connectivity index (χ4v) is 4.19. The molecule has 0 bridgehead atoms. The van der Waals surface area contributed by atoms with E-state index in [9.17, 15) is 0 Å². The molecule has 1 unspecified atom stereocenters. The van der Waals surface area contributed by atoms with Crippen LogP contribution in [0.4, 0.5) is 0 Å². The van der Waals surface area contributed by atoms with E-state index < -0.39 is 0 Å². The van der Waals surface area contributed by atoms with Gasteiger partial charge in [-0.1, -0.05) is 31.5 Å². The average Bonchev–Trinajstić information content (AvgIpc) is 2.73. The van der Waals surface area contributed by atoms with Gasteiger partial charge in [0.2, 0.25) is 0 Å². The molecular weight excluding hydrogens is 370 g/mol. The van der Waals surface area contributed by atoms with Crippen LogP contribution < -0.4 is 19.5 Å². The first-order chi connectivity index (χ1) is 13.6. The SMILES string of the molecule is CCCCSc1cc(OC)c(CC(C)NCc2ccccc2OC)cc1OC. The average molecular weight is 404 g/mol. The van der Waals surface area contributed by atoms with Gasteiger partial charge in [-0.2, -0.15) is 0 Å². The zero-order chi connectivity index (χ0) is 20.4. The second-order valence-corrected chi connectivity index (χ2v) is 7.95. The van der Waals surface area contributed by atoms with Crippen molar-refractivity contribution in [1.82, 2.24) is 5.32 Å². The zero-order valence-electron chi connectivity index (χ0n) is 17.7. The van der Waals surface area contributed by atoms with Crippen molar-refractivity contribution in [3.8, 4) is 17.2 Å². The quantitative estimate of drug-likeness (QED) is 0.383. The lowest BCUT2D eigenvalue weighted by molar-refractivity contribution is 0.387. The predicted molar refractivity (Wildman–Crippen MR) is 118 cm³/mol. The smallest absolute Gasteiger partial charge is 0.132 e. The molecule has 1 N–H and O–H groups in total. The van der Waals surface area contributed by atoms with Crippen molar-refractivity contribution in [2.75, 3.05) is 27.1 Å². The third kappa shape index (κ3) is 6.35. The maximum Gasteiger partial charge on any atom is 0.132 e. The molecule has 154 valence electrons. The summed E-state index contributed by atoms with van der Waals surface area (Å²) >= 11 is 1.83. The number of unbranched alkanes of at least 4 members (excludes halogenated alkanes) is 1. The Balaban J connectivity index is 2.06. The van der Waals surface area contributed by atoms with Gasteiger partial charge in [0.1, 0.15) is 17.2 Å². The molecule has 0 aliphatic heterocycles. The van der Waals surface area contributed by atoms with Crippen LogP contribution in [0, 0.1) is 0 Å². The Morgan fingerprint density at radius 2 is 1.64 bits per heavy atom. The van der Waals surface area contributed by atoms with Crippen LogP contribution in [-0.2, 0) is 13.0 Å². The van der Waals surface area contributed by atoms with E-state index in [0.29, 0.717) is 0 Å². The molecule has 1 atom stereocenters. The molecule has 28 heavy (non-hydrogen) atoms. The van der Waals surface area contributed by atoms with E-state index >= 15 is 0 Å². The van der Waals surface area contributed by atoms with Crippen LogP contribution >= 0.6 is 11.8 Å². The molecule has 4 nitrogen and oxygen atoms in total. The highest BCUT2D eigenvalue weighted by Gasteiger charge is 2.14. The molecule has 0 saturated heterocycles. The molecule has 0 amide bonds. The van der Waals surface area contributed by atoms with E-state index in [-0.39, 0.29) is 6.04 Å². The summed E-state index contributed by atoms with van der Waals surface area (Å²) in [7, 11) is 5.18. The Morgan fingerprint density at radius 3 is 2.32 bits per heavy atom. The number of rotatable bonds is 12. The zero-order valence-corrected chi connectivity index (χ0v) is 18.5. The van der Waals surface area contributed by atoms with Gasteiger partial charge >= 0.3 is 0 Å². The Hall–Kier alpha value is -1.85. The normalized spacial score (nSPS) is 11.9. The van der Waals surface area contributed by atoms with Crippen molar-refractivity contribution in [1.29, 1.82) is 0 Å². The maximum atomic E-state index is 5.68. The highest BCUT2D eigenvalue weighted by molar-refractivity contribution is 7.99. The fraction of sp³-hybridized carbons (Fsp3) is 0.478. The molecule has 0 saturated carbocycles. The van der Waals surface area contributed by atoms with E-state index in [1.54, 1.807) is 21.3 Å². The lowest BCUT2D eigenvalue weighted by Crippen LogP contribution is -2.28. The molecule has 2 aromatic rings. The molecule has 0 heterocycles. The highest BCUT2D eigenvalue weighted by atomic mass is 32.2. The second-order valence-electron chi connectivity index (χ2n) is 6.81. The van der Waals surface area contributed by atoms with Crippen LogP contribution in [0.2, 0.25) is 0 Å². The van der Waals surface area contributed by atoms with Crippen LogP contribution in [0.3, 0.4) is 0 Å². The van der Waals surface area contributed by atoms with Crippen molar-refractivity contribution in [3.63, 3.8) is 0 Å². The van der Waals surface area contributed by atoms with Crippen molar-refractivity contribution in [2.24, 2.45) is 0 Å². The minimum atomic E-state index is 0.280. The summed E-state index contributed by atoms with van der Waals surface area (Å²) in [5.41, 5.74) is 2.31. The van der Waals surface area contributed by atoms with E-state index in [4.69, 9.17) is 14.2 Å². The monoisotopic (exact) mass is 403 g/mol. The number of hydrogen-bond donors (Lipinski definition) is 1. The molecule has 0 aliphatic rings. The molecule has 0 spiro atoms. The predicted octanol–water partition coefficient (Wildman–Crippen LogP) is 5.33. The highest BCUT2D eigenvalue weighted by Crippen LogP contribution is 2.36. The van der Waals surface area contributed by atoms with E-state index in [1.807, 2.05) is 30.0 Å². The van der Waals surface area contributed by atoms with Crippen molar-refractivity contribution in [2.45, 2.75) is 50.6 Å². The number of ether oxygens (including phenoxy) is 3. The van der Waals surface area contributed by atoms with Crippen molar-refractivity contribution >= 4 is 11.8 Å². The number of thioether (sulfide) groups is 1. The third-order valence-corrected chi connectivity index (χ3v) is 5.80. The number of nitrogens with one attached hydrogen (secondary N) is 1. The Bertz CT molecular complexity index is 736. The lowest BCUT2D eigenvalue weighted by Gasteiger charge is -2.19. The molecule has 0 radical (unpaired) electrons. The Kier molecular flexibility index (Phi) is 9.51. The van der Waals surface area contributed by atoms with Crippen LogP contribution in [0.5, 0.6) is 17.2 Å². The van der Waals surface area contributed by atoms with Crippen molar-refractivity contribution in [3.05, 3.63) is 47.5 Å². The van der Waals surface area contributed by atoms with Gasteiger partial charge in [-0.3, -0.25) is 0 Å². The van der Waals surface area contributed by atoms with E-state index in [0.717, 1.165) is 52.0 Å². The summed E-state index contributed by atoms with van der Waals surface area (Å²) < 4.78 is 16.8. The Morgan fingerprint density at radius 1 is 0.929 bits per heavy atom. The van der Waals surface area contributed by atoms with Gasteiger partial charge in [0.05, 0.1) is 26.2 Å². The molecule has 0 fully saturated rings. The van der Waals surface area contributed by atoms with Crippen molar-refractivity contribution < 1.29 is 14.2 Å². The molecule has 2 aromatic carbocycles. The summed E-state index contributed by atoms with van der Waals surface area (Å²) in [6, 6.07) is 12.6. The third-order valence-electron chi connectivity index (χ3n) is 4.68. The maximum absolute atomic E-state index is 5.68. The van der Waals surface area contributed by atoms with E-state index in [2.05, 4.69) is 37.4 Å². The first kappa shape index (κ1) is 22.4. The van der Waals surface area contributed by atoms with Gasteiger partial charge in [-0.05, 0) is 49.3 Å². The molecule has 2 rings (SSSR count). The molecular formula is C23H33NO3S. The van der Waals surface area contributed by atoms with Gasteiger partial charge in [-0.15, -0.1) is 11.8 Å². The summed E-state index contributed by atoms with van der Waals surface area (Å²) in [4.78, 5) is 1.14. The second kappa shape index (κ2) is 11.9. The lowest BCUT2D eigenvalue weighted by atomic mass is 10.0. The first-order valence-electron chi connectivity index (χ1n) is 9.85. The largest absolute Gasteiger partial charge is 0.496 e. The van der Waals surface area contributed by atoms with Gasteiger partial charge in [0.15, 0.2) is 0 Å². The minimum absolute atomic E-state index is 0.280. The number of para-hydroxylation sites is 1. The summed E-state index contributed by atoms with van der Waals surface area (Å²) in [5.74, 6) is 3.85. The minimum Gasteiger partial charge on any atom is -0.496 e. The van der Waals surface area contributed by atoms with Gasteiger partial charge in [0.25, 0.3) is 0 Å². The molecule has 0 aliphatic carbocycles. The first-order valence-corrected chi connectivity index (χ1v) is 10.8. The fourth-order valence-electron chi connectivity index (χ4n) is 3.07. The van der Waals surface area contributed by atoms with Gasteiger partial charge in [-0.25, -0.2) is 0 Å². The van der Waals surface area contributed by atoms with E-state index in [1.165, 1.54) is 12.8 Å². The molecule has 0 aromatic heterocycles. The molecule has 5 heteroatoms. The van der Waals surface area contributed by atoms with Gasteiger partial charge < -0.3 is 19.5 Å². The van der Waals surface area contributed by atoms with Crippen LogP contribution in [0.25, 0.3) is 0 Å². The Labute approximate surface area is 174 Å². The standard InChI is InChI=1S/C23H33NO3S/c1-6-7-12-28-23-15-21(26-4)19(14-22(23)27-5)13-17(2)24-16-18-10-8-9-11-20(18)25-3/h8-11,14-15,17,24H,6-7,12-13,16H2,1-5H3. The van der Waals surface area contributed by atoms with Crippen LogP contribution in [-0.4, -0.2) is 33.1 Å². The van der Waals surface area contributed by atoms with Gasteiger partial charge in [0, 0.05) is 18.2 Å². The van der Waals surface area contributed by atoms with Crippen LogP contribution in [0.15, 0.2) is 41.3 Å². The number of hydrogen-bond acceptors (Lipinski definition) is 5. The number of methoxy groups -OCH3 is 3. The number of benzene rings is 2. The van der Waals surface area contributed by atoms with Crippen LogP contribution in [0.1, 0.15) is 37.8 Å².